The van der Waals surface area contributed by atoms with Crippen molar-refractivity contribution >= 4 is 21.8 Å². The minimum atomic E-state index is -3.50. The normalized spacial score (nSPS) is 23.3. The van der Waals surface area contributed by atoms with Crippen LogP contribution in [0, 0.1) is 0 Å². The molecule has 2 unspecified atom stereocenters. The molecule has 1 aromatic heterocycles. The highest BCUT2D eigenvalue weighted by Crippen LogP contribution is 2.27. The van der Waals surface area contributed by atoms with Crippen LogP contribution in [0.25, 0.3) is 0 Å². The number of aliphatic hydroxyl groups is 1. The second-order valence-electron chi connectivity index (χ2n) is 5.36. The summed E-state index contributed by atoms with van der Waals surface area (Å²) in [4.78, 5) is 0.201. The molecule has 1 heterocycles. The van der Waals surface area contributed by atoms with Crippen molar-refractivity contribution in [1.82, 2.24) is 14.5 Å². The summed E-state index contributed by atoms with van der Waals surface area (Å²) in [7, 11) is -3.50. The Morgan fingerprint density at radius 2 is 2.33 bits per heavy atom. The Morgan fingerprint density at radius 3 is 3.05 bits per heavy atom. The van der Waals surface area contributed by atoms with Gasteiger partial charge in [0.2, 0.25) is 10.0 Å². The molecule has 1 aromatic rings. The fourth-order valence-electron chi connectivity index (χ4n) is 2.59. The van der Waals surface area contributed by atoms with Gasteiger partial charge in [-0.2, -0.15) is 16.9 Å². The van der Waals surface area contributed by atoms with Crippen molar-refractivity contribution in [3.05, 3.63) is 12.4 Å². The van der Waals surface area contributed by atoms with Crippen molar-refractivity contribution in [1.29, 1.82) is 0 Å². The molecule has 0 amide bonds. The molecule has 1 aliphatic carbocycles. The zero-order chi connectivity index (χ0) is 15.3. The van der Waals surface area contributed by atoms with Crippen LogP contribution in [-0.2, 0) is 16.6 Å². The second-order valence-corrected chi connectivity index (χ2v) is 8.21. The molecule has 0 radical (unpaired) electrons. The van der Waals surface area contributed by atoms with E-state index in [2.05, 4.69) is 16.1 Å². The van der Waals surface area contributed by atoms with Gasteiger partial charge in [-0.1, -0.05) is 6.42 Å². The molecule has 6 nitrogen and oxygen atoms in total. The number of hydrogen-bond donors (Lipinski definition) is 2. The maximum absolute atomic E-state index is 12.4. The molecular weight excluding hydrogens is 310 g/mol. The molecule has 1 aliphatic rings. The highest BCUT2D eigenvalue weighted by molar-refractivity contribution is 7.99. The molecule has 120 valence electrons. The number of rotatable bonds is 7. The van der Waals surface area contributed by atoms with Crippen LogP contribution in [0.15, 0.2) is 17.3 Å². The summed E-state index contributed by atoms with van der Waals surface area (Å²) in [6, 6.07) is 0.0157. The Morgan fingerprint density at radius 1 is 1.52 bits per heavy atom. The third-order valence-electron chi connectivity index (χ3n) is 3.75. The van der Waals surface area contributed by atoms with Gasteiger partial charge < -0.3 is 5.11 Å². The molecule has 0 saturated heterocycles. The Labute approximate surface area is 130 Å². The third-order valence-corrected chi connectivity index (χ3v) is 6.32. The van der Waals surface area contributed by atoms with Crippen molar-refractivity contribution in [2.24, 2.45) is 0 Å². The zero-order valence-electron chi connectivity index (χ0n) is 12.2. The molecule has 2 rings (SSSR count). The van der Waals surface area contributed by atoms with E-state index < -0.39 is 10.0 Å². The van der Waals surface area contributed by atoms with Crippen LogP contribution < -0.4 is 4.72 Å². The van der Waals surface area contributed by atoms with Crippen LogP contribution in [0.2, 0.25) is 0 Å². The summed E-state index contributed by atoms with van der Waals surface area (Å²) in [5, 5.41) is 13.4. The van der Waals surface area contributed by atoms with E-state index in [1.165, 1.54) is 18.8 Å². The van der Waals surface area contributed by atoms with Gasteiger partial charge in [-0.15, -0.1) is 0 Å². The maximum atomic E-state index is 12.4. The minimum Gasteiger partial charge on any atom is -0.396 e. The van der Waals surface area contributed by atoms with E-state index in [4.69, 9.17) is 5.11 Å². The first kappa shape index (κ1) is 16.8. The van der Waals surface area contributed by atoms with Gasteiger partial charge in [0.15, 0.2) is 0 Å². The first-order chi connectivity index (χ1) is 10.0. The summed E-state index contributed by atoms with van der Waals surface area (Å²) >= 11 is 1.81. The number of nitrogens with one attached hydrogen (secondary N) is 1. The predicted octanol–water partition coefficient (Wildman–Crippen LogP) is 1.22. The van der Waals surface area contributed by atoms with Crippen LogP contribution in [0.3, 0.4) is 0 Å². The average molecular weight is 333 g/mol. The molecule has 0 bridgehead atoms. The van der Waals surface area contributed by atoms with E-state index in [0.717, 1.165) is 19.3 Å². The summed E-state index contributed by atoms with van der Waals surface area (Å²) in [6.07, 6.45) is 9.54. The van der Waals surface area contributed by atoms with Crippen molar-refractivity contribution in [3.8, 4) is 0 Å². The second kappa shape index (κ2) is 7.62. The van der Waals surface area contributed by atoms with E-state index in [9.17, 15) is 8.42 Å². The number of hydrogen-bond acceptors (Lipinski definition) is 5. The van der Waals surface area contributed by atoms with Crippen LogP contribution in [-0.4, -0.2) is 47.5 Å². The monoisotopic (exact) mass is 333 g/mol. The van der Waals surface area contributed by atoms with E-state index in [1.54, 1.807) is 4.68 Å². The Bertz CT molecular complexity index is 545. The summed E-state index contributed by atoms with van der Waals surface area (Å²) in [5.41, 5.74) is 0. The molecular formula is C13H23N3O3S2. The smallest absolute Gasteiger partial charge is 0.243 e. The largest absolute Gasteiger partial charge is 0.396 e. The summed E-state index contributed by atoms with van der Waals surface area (Å²) in [6.45, 7) is 0.586. The van der Waals surface area contributed by atoms with Crippen LogP contribution in [0.5, 0.6) is 0 Å². The first-order valence-corrected chi connectivity index (χ1v) is 10.0. The average Bonchev–Trinajstić information content (AvgIpc) is 2.94. The maximum Gasteiger partial charge on any atom is 0.243 e. The lowest BCUT2D eigenvalue weighted by Crippen LogP contribution is -2.38. The molecule has 2 atom stereocenters. The minimum absolute atomic E-state index is 0.0157. The number of aliphatic hydroxyl groups excluding tert-OH is 1. The highest BCUT2D eigenvalue weighted by atomic mass is 32.2. The van der Waals surface area contributed by atoms with Crippen molar-refractivity contribution in [2.75, 3.05) is 12.9 Å². The van der Waals surface area contributed by atoms with Gasteiger partial charge in [-0.25, -0.2) is 13.1 Å². The third kappa shape index (κ3) is 4.70. The summed E-state index contributed by atoms with van der Waals surface area (Å²) < 4.78 is 29.1. The van der Waals surface area contributed by atoms with Gasteiger partial charge in [0, 0.05) is 30.6 Å². The number of thioether (sulfide) groups is 1. The lowest BCUT2D eigenvalue weighted by atomic mass is 9.96. The Kier molecular flexibility index (Phi) is 6.09. The lowest BCUT2D eigenvalue weighted by Gasteiger charge is -2.28. The lowest BCUT2D eigenvalue weighted by molar-refractivity contribution is 0.277. The Balaban J connectivity index is 1.99. The van der Waals surface area contributed by atoms with Crippen molar-refractivity contribution in [2.45, 2.75) is 54.8 Å². The SMILES string of the molecule is CSC1CCCC(NS(=O)(=O)c2cnn(CCCO)c2)C1. The highest BCUT2D eigenvalue weighted by Gasteiger charge is 2.26. The van der Waals surface area contributed by atoms with Crippen LogP contribution in [0.1, 0.15) is 32.1 Å². The van der Waals surface area contributed by atoms with Gasteiger partial charge in [0.25, 0.3) is 0 Å². The number of aromatic nitrogens is 2. The zero-order valence-corrected chi connectivity index (χ0v) is 13.9. The molecule has 0 spiro atoms. The quantitative estimate of drug-likeness (QED) is 0.784. The molecule has 21 heavy (non-hydrogen) atoms. The standard InChI is InChI=1S/C13H23N3O3S2/c1-20-12-5-2-4-11(8-12)15-21(18,19)13-9-14-16(10-13)6-3-7-17/h9-12,15,17H,2-8H2,1H3. The van der Waals surface area contributed by atoms with Crippen molar-refractivity contribution < 1.29 is 13.5 Å². The molecule has 0 aliphatic heterocycles. The summed E-state index contributed by atoms with van der Waals surface area (Å²) in [5.74, 6) is 0. The van der Waals surface area contributed by atoms with Crippen LogP contribution in [0.4, 0.5) is 0 Å². The van der Waals surface area contributed by atoms with E-state index in [1.807, 2.05) is 11.8 Å². The molecule has 8 heteroatoms. The van der Waals surface area contributed by atoms with Crippen LogP contribution >= 0.6 is 11.8 Å². The first-order valence-electron chi connectivity index (χ1n) is 7.23. The molecule has 0 aromatic carbocycles. The van der Waals surface area contributed by atoms with Gasteiger partial charge in [-0.3, -0.25) is 4.68 Å². The van der Waals surface area contributed by atoms with Gasteiger partial charge >= 0.3 is 0 Å². The number of nitrogens with zero attached hydrogens (tertiary/aromatic N) is 2. The fourth-order valence-corrected chi connectivity index (χ4v) is 4.65. The molecule has 1 fully saturated rings. The van der Waals surface area contributed by atoms with E-state index >= 15 is 0 Å². The topological polar surface area (TPSA) is 84.2 Å². The van der Waals surface area contributed by atoms with E-state index in [0.29, 0.717) is 18.2 Å². The van der Waals surface area contributed by atoms with Gasteiger partial charge in [-0.05, 0) is 31.9 Å². The predicted molar refractivity (Wildman–Crippen MR) is 83.8 cm³/mol. The van der Waals surface area contributed by atoms with Gasteiger partial charge in [0.05, 0.1) is 6.20 Å². The number of aryl methyl sites for hydroxylation is 1. The van der Waals surface area contributed by atoms with Gasteiger partial charge in [0.1, 0.15) is 4.90 Å². The molecule has 1 saturated carbocycles. The fraction of sp³-hybridized carbons (Fsp3) is 0.769. The van der Waals surface area contributed by atoms with E-state index in [-0.39, 0.29) is 17.5 Å². The number of sulfonamides is 1. The Hall–Kier alpha value is -0.570. The van der Waals surface area contributed by atoms with Crippen molar-refractivity contribution in [3.63, 3.8) is 0 Å². The molecule has 2 N–H and O–H groups in total.